The Morgan fingerprint density at radius 1 is 0.947 bits per heavy atom. The van der Waals surface area contributed by atoms with Crippen molar-refractivity contribution < 1.29 is 18.7 Å². The Hall–Kier alpha value is -1.65. The highest BCUT2D eigenvalue weighted by atomic mass is 35.5. The van der Waals surface area contributed by atoms with Crippen molar-refractivity contribution in [3.8, 4) is 11.1 Å². The van der Waals surface area contributed by atoms with E-state index < -0.39 is 17.6 Å². The SMILES string of the molecule is O=C(O)c1ccc(Cl)c(-c2cc(F)c(F)cc2Cl)c1. The molecule has 0 aliphatic rings. The summed E-state index contributed by atoms with van der Waals surface area (Å²) < 4.78 is 26.2. The zero-order chi connectivity index (χ0) is 14.2. The van der Waals surface area contributed by atoms with Gasteiger partial charge in [0.15, 0.2) is 11.6 Å². The second-order valence-electron chi connectivity index (χ2n) is 3.75. The fourth-order valence-corrected chi connectivity index (χ4v) is 2.07. The first-order valence-electron chi connectivity index (χ1n) is 5.08. The lowest BCUT2D eigenvalue weighted by molar-refractivity contribution is 0.0697. The highest BCUT2D eigenvalue weighted by molar-refractivity contribution is 6.36. The molecule has 2 aromatic rings. The molecular weight excluding hydrogens is 297 g/mol. The summed E-state index contributed by atoms with van der Waals surface area (Å²) in [6, 6.07) is 5.61. The number of carboxylic acids is 1. The predicted molar refractivity (Wildman–Crippen MR) is 68.8 cm³/mol. The Labute approximate surface area is 117 Å². The van der Waals surface area contributed by atoms with Gasteiger partial charge in [-0.3, -0.25) is 0 Å². The van der Waals surface area contributed by atoms with Crippen LogP contribution in [-0.2, 0) is 0 Å². The van der Waals surface area contributed by atoms with Crippen LogP contribution in [0.2, 0.25) is 10.0 Å². The minimum absolute atomic E-state index is 0.0276. The van der Waals surface area contributed by atoms with E-state index >= 15 is 0 Å². The zero-order valence-electron chi connectivity index (χ0n) is 9.25. The van der Waals surface area contributed by atoms with Crippen LogP contribution in [0.4, 0.5) is 8.78 Å². The first-order valence-corrected chi connectivity index (χ1v) is 5.83. The minimum atomic E-state index is -1.16. The molecule has 98 valence electrons. The molecular formula is C13H6Cl2F2O2. The lowest BCUT2D eigenvalue weighted by atomic mass is 10.0. The summed E-state index contributed by atoms with van der Waals surface area (Å²) in [5.41, 5.74) is 0.333. The molecule has 19 heavy (non-hydrogen) atoms. The molecule has 0 unspecified atom stereocenters. The van der Waals surface area contributed by atoms with Crippen LogP contribution in [0.15, 0.2) is 30.3 Å². The third-order valence-corrected chi connectivity index (χ3v) is 3.16. The van der Waals surface area contributed by atoms with Gasteiger partial charge in [-0.15, -0.1) is 0 Å². The molecule has 0 radical (unpaired) electrons. The molecule has 0 atom stereocenters. The van der Waals surface area contributed by atoms with Crippen LogP contribution in [0.1, 0.15) is 10.4 Å². The van der Waals surface area contributed by atoms with Crippen molar-refractivity contribution in [2.24, 2.45) is 0 Å². The molecule has 2 rings (SSSR count). The first-order chi connectivity index (χ1) is 8.90. The van der Waals surface area contributed by atoms with Gasteiger partial charge in [0.25, 0.3) is 0 Å². The molecule has 0 spiro atoms. The van der Waals surface area contributed by atoms with Gasteiger partial charge in [0.05, 0.1) is 10.6 Å². The molecule has 0 aliphatic carbocycles. The molecule has 2 aromatic carbocycles. The van der Waals surface area contributed by atoms with Gasteiger partial charge < -0.3 is 5.11 Å². The van der Waals surface area contributed by atoms with E-state index in [9.17, 15) is 13.6 Å². The van der Waals surface area contributed by atoms with Crippen molar-refractivity contribution in [2.45, 2.75) is 0 Å². The molecule has 0 fully saturated rings. The number of benzene rings is 2. The van der Waals surface area contributed by atoms with E-state index in [0.29, 0.717) is 0 Å². The van der Waals surface area contributed by atoms with Crippen molar-refractivity contribution >= 4 is 29.2 Å². The van der Waals surface area contributed by atoms with Crippen LogP contribution in [0.25, 0.3) is 11.1 Å². The van der Waals surface area contributed by atoms with E-state index in [1.807, 2.05) is 0 Å². The molecule has 0 aromatic heterocycles. The highest BCUT2D eigenvalue weighted by Gasteiger charge is 2.14. The second-order valence-corrected chi connectivity index (χ2v) is 4.56. The van der Waals surface area contributed by atoms with E-state index in [1.165, 1.54) is 18.2 Å². The smallest absolute Gasteiger partial charge is 0.335 e. The summed E-state index contributed by atoms with van der Waals surface area (Å²) in [6.07, 6.45) is 0. The van der Waals surface area contributed by atoms with E-state index in [2.05, 4.69) is 0 Å². The summed E-state index contributed by atoms with van der Waals surface area (Å²) in [4.78, 5) is 10.9. The monoisotopic (exact) mass is 302 g/mol. The maximum absolute atomic E-state index is 13.2. The Balaban J connectivity index is 2.67. The normalized spacial score (nSPS) is 10.5. The van der Waals surface area contributed by atoms with Crippen LogP contribution >= 0.6 is 23.2 Å². The van der Waals surface area contributed by atoms with E-state index in [4.69, 9.17) is 28.3 Å². The topological polar surface area (TPSA) is 37.3 Å². The van der Waals surface area contributed by atoms with Gasteiger partial charge in [-0.1, -0.05) is 23.2 Å². The maximum atomic E-state index is 13.2. The molecule has 0 saturated heterocycles. The predicted octanol–water partition coefficient (Wildman–Crippen LogP) is 4.64. The van der Waals surface area contributed by atoms with E-state index in [-0.39, 0.29) is 26.7 Å². The summed E-state index contributed by atoms with van der Waals surface area (Å²) in [5, 5.41) is 9.04. The van der Waals surface area contributed by atoms with Crippen LogP contribution in [0.5, 0.6) is 0 Å². The quantitative estimate of drug-likeness (QED) is 0.821. The van der Waals surface area contributed by atoms with E-state index in [0.717, 1.165) is 12.1 Å². The number of carbonyl (C=O) groups is 1. The van der Waals surface area contributed by atoms with Crippen molar-refractivity contribution in [3.63, 3.8) is 0 Å². The Bertz CT molecular complexity index is 672. The lowest BCUT2D eigenvalue weighted by Gasteiger charge is -2.09. The molecule has 0 aliphatic heterocycles. The van der Waals surface area contributed by atoms with Crippen molar-refractivity contribution in [3.05, 3.63) is 57.6 Å². The molecule has 0 saturated carbocycles. The lowest BCUT2D eigenvalue weighted by Crippen LogP contribution is -1.97. The van der Waals surface area contributed by atoms with Crippen LogP contribution in [0.3, 0.4) is 0 Å². The molecule has 0 heterocycles. The fourth-order valence-electron chi connectivity index (χ4n) is 1.59. The number of aromatic carboxylic acids is 1. The number of hydrogen-bond acceptors (Lipinski definition) is 1. The minimum Gasteiger partial charge on any atom is -0.478 e. The zero-order valence-corrected chi connectivity index (χ0v) is 10.8. The van der Waals surface area contributed by atoms with Gasteiger partial charge in [-0.25, -0.2) is 13.6 Å². The summed E-state index contributed by atoms with van der Waals surface area (Å²) >= 11 is 11.8. The van der Waals surface area contributed by atoms with Gasteiger partial charge in [0, 0.05) is 16.1 Å². The number of halogens is 4. The summed E-state index contributed by atoms with van der Waals surface area (Å²) in [6.45, 7) is 0. The second kappa shape index (κ2) is 5.15. The maximum Gasteiger partial charge on any atom is 0.335 e. The van der Waals surface area contributed by atoms with Crippen LogP contribution in [-0.4, -0.2) is 11.1 Å². The Morgan fingerprint density at radius 2 is 1.53 bits per heavy atom. The molecule has 6 heteroatoms. The van der Waals surface area contributed by atoms with Crippen molar-refractivity contribution in [2.75, 3.05) is 0 Å². The summed E-state index contributed by atoms with van der Waals surface area (Å²) in [5.74, 6) is -3.33. The number of rotatable bonds is 2. The molecule has 2 nitrogen and oxygen atoms in total. The van der Waals surface area contributed by atoms with Gasteiger partial charge in [-0.2, -0.15) is 0 Å². The first kappa shape index (κ1) is 13.8. The van der Waals surface area contributed by atoms with Gasteiger partial charge >= 0.3 is 5.97 Å². The Morgan fingerprint density at radius 3 is 2.16 bits per heavy atom. The van der Waals surface area contributed by atoms with Gasteiger partial charge in [0.2, 0.25) is 0 Å². The fraction of sp³-hybridized carbons (Fsp3) is 0. The van der Waals surface area contributed by atoms with Crippen molar-refractivity contribution in [1.82, 2.24) is 0 Å². The Kier molecular flexibility index (Phi) is 3.73. The standard InChI is InChI=1S/C13H6Cl2F2O2/c14-9-2-1-6(13(18)19)3-7(9)8-4-11(16)12(17)5-10(8)15/h1-5H,(H,18,19). The molecule has 1 N–H and O–H groups in total. The van der Waals surface area contributed by atoms with Crippen LogP contribution in [0, 0.1) is 11.6 Å². The van der Waals surface area contributed by atoms with E-state index in [1.54, 1.807) is 0 Å². The summed E-state index contributed by atoms with van der Waals surface area (Å²) in [7, 11) is 0. The van der Waals surface area contributed by atoms with Gasteiger partial charge in [0.1, 0.15) is 0 Å². The highest BCUT2D eigenvalue weighted by Crippen LogP contribution is 2.35. The van der Waals surface area contributed by atoms with Gasteiger partial charge in [-0.05, 0) is 30.3 Å². The number of carboxylic acid groups (broad SMARTS) is 1. The third kappa shape index (κ3) is 2.69. The average Bonchev–Trinajstić information content (AvgIpc) is 2.34. The largest absolute Gasteiger partial charge is 0.478 e. The van der Waals surface area contributed by atoms with Crippen molar-refractivity contribution in [1.29, 1.82) is 0 Å². The average molecular weight is 303 g/mol. The molecule has 0 amide bonds. The third-order valence-electron chi connectivity index (χ3n) is 2.51. The van der Waals surface area contributed by atoms with Crippen LogP contribution < -0.4 is 0 Å². The molecule has 0 bridgehead atoms. The number of hydrogen-bond donors (Lipinski definition) is 1.